The topological polar surface area (TPSA) is 43.4 Å². The second-order valence-corrected chi connectivity index (χ2v) is 7.52. The van der Waals surface area contributed by atoms with Crippen molar-refractivity contribution in [3.63, 3.8) is 0 Å². The first kappa shape index (κ1) is 30.7. The van der Waals surface area contributed by atoms with Crippen molar-refractivity contribution in [1.29, 1.82) is 0 Å². The van der Waals surface area contributed by atoms with Gasteiger partial charge in [0.15, 0.2) is 0 Å². The third-order valence-electron chi connectivity index (χ3n) is 4.85. The molecule has 0 amide bonds. The van der Waals surface area contributed by atoms with Crippen molar-refractivity contribution in [2.24, 2.45) is 0 Å². The van der Waals surface area contributed by atoms with Crippen LogP contribution in [0, 0.1) is 0 Å². The summed E-state index contributed by atoms with van der Waals surface area (Å²) in [6.07, 6.45) is 25.9. The molecule has 0 saturated carbocycles. The van der Waals surface area contributed by atoms with E-state index < -0.39 is 5.97 Å². The molecule has 28 heavy (non-hydrogen) atoms. The van der Waals surface area contributed by atoms with Gasteiger partial charge in [-0.1, -0.05) is 76.7 Å². The monoisotopic (exact) mass is 417 g/mol. The third-order valence-corrected chi connectivity index (χ3v) is 4.85. The summed E-state index contributed by atoms with van der Waals surface area (Å²) < 4.78 is 0. The maximum Gasteiger partial charge on any atom is 1.00 e. The van der Waals surface area contributed by atoms with Gasteiger partial charge in [-0.3, -0.25) is 4.90 Å². The fourth-order valence-electron chi connectivity index (χ4n) is 3.28. The second-order valence-electron chi connectivity index (χ2n) is 7.52. The van der Waals surface area contributed by atoms with Gasteiger partial charge in [0.1, 0.15) is 0 Å². The first-order valence-electron chi connectivity index (χ1n) is 11.4. The molecule has 3 nitrogen and oxygen atoms in total. The molecule has 0 aromatic heterocycles. The summed E-state index contributed by atoms with van der Waals surface area (Å²) in [4.78, 5) is 13.0. The molecule has 0 saturated heterocycles. The van der Waals surface area contributed by atoms with E-state index in [0.717, 1.165) is 38.8 Å². The van der Waals surface area contributed by atoms with Gasteiger partial charge in [-0.05, 0) is 64.5 Å². The Kier molecular flexibility index (Phi) is 28.1. The number of aliphatic carboxylic acids is 1. The van der Waals surface area contributed by atoms with Gasteiger partial charge < -0.3 is 9.90 Å². The van der Waals surface area contributed by atoms with E-state index in [4.69, 9.17) is 0 Å². The Morgan fingerprint density at radius 3 is 1.46 bits per heavy atom. The zero-order chi connectivity index (χ0) is 20.0. The van der Waals surface area contributed by atoms with Crippen LogP contribution >= 0.6 is 0 Å². The molecule has 0 rings (SSSR count). The Balaban J connectivity index is 0. The van der Waals surface area contributed by atoms with Crippen molar-refractivity contribution >= 4 is 5.97 Å². The van der Waals surface area contributed by atoms with E-state index in [0.29, 0.717) is 0 Å². The van der Waals surface area contributed by atoms with E-state index in [1.807, 2.05) is 0 Å². The predicted octanol–water partition coefficient (Wildman–Crippen LogP) is 2.66. The van der Waals surface area contributed by atoms with Crippen LogP contribution in [0.25, 0.3) is 0 Å². The van der Waals surface area contributed by atoms with E-state index in [1.54, 1.807) is 0 Å². The molecule has 0 aliphatic rings. The largest absolute Gasteiger partial charge is 1.00 e. The molecule has 0 unspecified atom stereocenters. The maximum atomic E-state index is 11.0. The molecule has 0 N–H and O–H groups in total. The first-order valence-corrected chi connectivity index (χ1v) is 11.4. The minimum Gasteiger partial charge on any atom is -0.549 e. The molecule has 0 atom stereocenters. The number of hydrogen-bond donors (Lipinski definition) is 0. The van der Waals surface area contributed by atoms with Crippen LogP contribution in [-0.4, -0.2) is 30.5 Å². The molecule has 0 bridgehead atoms. The minimum absolute atomic E-state index is 0. The van der Waals surface area contributed by atoms with Crippen LogP contribution in [0.5, 0.6) is 0 Å². The summed E-state index contributed by atoms with van der Waals surface area (Å²) >= 11 is 0. The number of rotatable bonds is 20. The number of carbonyl (C=O) groups excluding carboxylic acids is 1. The van der Waals surface area contributed by atoms with Crippen LogP contribution in [0.4, 0.5) is 0 Å². The zero-order valence-electron chi connectivity index (χ0n) is 19.1. The van der Waals surface area contributed by atoms with Crippen LogP contribution in [0.3, 0.4) is 0 Å². The normalized spacial score (nSPS) is 11.5. The second kappa shape index (κ2) is 25.6. The summed E-state index contributed by atoms with van der Waals surface area (Å²) in [5.41, 5.74) is 0. The summed E-state index contributed by atoms with van der Waals surface area (Å²) in [5.74, 6) is -0.944. The number of hydrogen-bond acceptors (Lipinski definition) is 3. The van der Waals surface area contributed by atoms with Gasteiger partial charge in [0.2, 0.25) is 0 Å². The summed E-state index contributed by atoms with van der Waals surface area (Å²) in [5, 5.41) is 11.0. The van der Waals surface area contributed by atoms with E-state index >= 15 is 0 Å². The number of carbonyl (C=O) groups is 1. The smallest absolute Gasteiger partial charge is 0.549 e. The molecule has 0 aliphatic carbocycles. The van der Waals surface area contributed by atoms with Gasteiger partial charge in [0, 0.05) is 6.54 Å². The average Bonchev–Trinajstić information content (AvgIpc) is 2.64. The van der Waals surface area contributed by atoms with Crippen molar-refractivity contribution in [2.75, 3.05) is 19.6 Å². The molecular formula is C24H44KNO2. The first-order chi connectivity index (χ1) is 13.2. The van der Waals surface area contributed by atoms with E-state index in [1.165, 1.54) is 64.2 Å². The quantitative estimate of drug-likeness (QED) is 0.174. The molecule has 0 radical (unpaired) electrons. The maximum absolute atomic E-state index is 11.0. The Morgan fingerprint density at radius 2 is 1.07 bits per heavy atom. The number of unbranched alkanes of at least 4 members (excludes halogenated alkanes) is 10. The molecule has 158 valence electrons. The van der Waals surface area contributed by atoms with Crippen molar-refractivity contribution in [1.82, 2.24) is 4.90 Å². The van der Waals surface area contributed by atoms with Crippen molar-refractivity contribution in [3.8, 4) is 0 Å². The standard InChI is InChI=1S/C24H45NO2.K/c1-3-5-7-9-11-13-15-17-19-21-25(23-24(26)27)22-20-18-16-14-12-10-8-6-4-2;/h5-8H,3-4,9-23H2,1-2H3,(H,26,27);/q;+1/p-1/b7-5+,8-6+;. The summed E-state index contributed by atoms with van der Waals surface area (Å²) in [7, 11) is 0. The van der Waals surface area contributed by atoms with Crippen molar-refractivity contribution in [2.45, 2.75) is 104 Å². The van der Waals surface area contributed by atoms with E-state index in [-0.39, 0.29) is 57.9 Å². The Bertz CT molecular complexity index is 355. The van der Waals surface area contributed by atoms with E-state index in [9.17, 15) is 9.90 Å². The molecule has 0 heterocycles. The SMILES string of the molecule is CC/C=C/CCCCCCCN(CCCCCCC/C=C/CC)CC(=O)[O-].[K+]. The number of carboxylic acid groups (broad SMARTS) is 1. The van der Waals surface area contributed by atoms with Gasteiger partial charge >= 0.3 is 51.4 Å². The number of carboxylic acids is 1. The van der Waals surface area contributed by atoms with E-state index in [2.05, 4.69) is 43.1 Å². The fourth-order valence-corrected chi connectivity index (χ4v) is 3.28. The van der Waals surface area contributed by atoms with Crippen LogP contribution in [0.2, 0.25) is 0 Å². The van der Waals surface area contributed by atoms with Gasteiger partial charge in [0.05, 0.1) is 5.97 Å². The number of nitrogens with zero attached hydrogens (tertiary/aromatic N) is 1. The van der Waals surface area contributed by atoms with Crippen LogP contribution in [0.15, 0.2) is 24.3 Å². The van der Waals surface area contributed by atoms with Gasteiger partial charge in [-0.2, -0.15) is 0 Å². The molecule has 0 aromatic rings. The van der Waals surface area contributed by atoms with Crippen LogP contribution in [-0.2, 0) is 4.79 Å². The molecule has 0 aliphatic heterocycles. The zero-order valence-corrected chi connectivity index (χ0v) is 22.2. The third kappa shape index (κ3) is 24.6. The molecule has 0 spiro atoms. The average molecular weight is 418 g/mol. The molecule has 0 fully saturated rings. The van der Waals surface area contributed by atoms with Crippen molar-refractivity contribution < 1.29 is 61.3 Å². The minimum atomic E-state index is -0.944. The van der Waals surface area contributed by atoms with Gasteiger partial charge in [-0.25, -0.2) is 0 Å². The summed E-state index contributed by atoms with van der Waals surface area (Å²) in [6, 6.07) is 0. The van der Waals surface area contributed by atoms with Gasteiger partial charge in [0.25, 0.3) is 0 Å². The molecular weight excluding hydrogens is 373 g/mol. The van der Waals surface area contributed by atoms with Crippen LogP contribution < -0.4 is 56.5 Å². The molecule has 4 heteroatoms. The number of allylic oxidation sites excluding steroid dienone is 4. The van der Waals surface area contributed by atoms with Crippen LogP contribution in [0.1, 0.15) is 104 Å². The predicted molar refractivity (Wildman–Crippen MR) is 116 cm³/mol. The van der Waals surface area contributed by atoms with Gasteiger partial charge in [-0.15, -0.1) is 0 Å². The fraction of sp³-hybridized carbons (Fsp3) is 0.792. The Morgan fingerprint density at radius 1 is 0.679 bits per heavy atom. The molecule has 0 aromatic carbocycles. The Labute approximate surface area is 217 Å². The Hall–Kier alpha value is 0.546. The summed E-state index contributed by atoms with van der Waals surface area (Å²) in [6.45, 7) is 6.21. The van der Waals surface area contributed by atoms with Crippen molar-refractivity contribution in [3.05, 3.63) is 24.3 Å².